The number of rotatable bonds is 6. The zero-order chi connectivity index (χ0) is 33.4. The van der Waals surface area contributed by atoms with Gasteiger partial charge in [-0.15, -0.1) is 22.7 Å². The standard InChI is InChI=1S/C24H27N5O3S.C10H7NO2S.K/c1-24(2,3)32-23(31)29-13-11-28(12-14-29)20-9-10-25-15-18(20)26-21(30)22-27-19(16-33-22)17-7-5-4-6-8-17;12-10(13)9-11-8(6-14-9)7-4-2-1-3-5-7;/h4-10,15-16H,11-14H2,1-3H3,(H,26,30);1-6H,(H,12,13);/q;;+1/p-1. The molecule has 0 bridgehead atoms. The second kappa shape index (κ2) is 17.2. The van der Waals surface area contributed by atoms with Crippen LogP contribution in [0.2, 0.25) is 0 Å². The monoisotopic (exact) mass is 708 g/mol. The summed E-state index contributed by atoms with van der Waals surface area (Å²) in [5, 5.41) is 17.4. The third-order valence-electron chi connectivity index (χ3n) is 6.83. The fourth-order valence-corrected chi connectivity index (χ4v) is 6.00. The van der Waals surface area contributed by atoms with Crippen molar-refractivity contribution in [2.24, 2.45) is 0 Å². The summed E-state index contributed by atoms with van der Waals surface area (Å²) in [6.45, 7) is 7.91. The van der Waals surface area contributed by atoms with Crippen LogP contribution in [0.15, 0.2) is 89.9 Å². The molecule has 0 saturated carbocycles. The first kappa shape index (κ1) is 37.3. The Balaban J connectivity index is 0.000000290. The minimum absolute atomic E-state index is 0. The molecule has 0 atom stereocenters. The Hall–Kier alpha value is -3.50. The van der Waals surface area contributed by atoms with Crippen molar-refractivity contribution in [2.45, 2.75) is 26.4 Å². The predicted octanol–water partition coefficient (Wildman–Crippen LogP) is 2.69. The Morgan fingerprint density at radius 1 is 0.812 bits per heavy atom. The summed E-state index contributed by atoms with van der Waals surface area (Å²) in [5.74, 6) is -1.50. The number of benzene rings is 2. The summed E-state index contributed by atoms with van der Waals surface area (Å²) in [6.07, 6.45) is 3.03. The molecule has 1 saturated heterocycles. The van der Waals surface area contributed by atoms with Crippen molar-refractivity contribution in [2.75, 3.05) is 36.4 Å². The van der Waals surface area contributed by atoms with Crippen LogP contribution in [0.25, 0.3) is 22.5 Å². The molecule has 2 amide bonds. The smallest absolute Gasteiger partial charge is 0.542 e. The van der Waals surface area contributed by atoms with Crippen LogP contribution in [0.1, 0.15) is 40.4 Å². The van der Waals surface area contributed by atoms with E-state index >= 15 is 0 Å². The molecule has 0 radical (unpaired) electrons. The van der Waals surface area contributed by atoms with Gasteiger partial charge in [0.05, 0.1) is 29.0 Å². The normalized spacial score (nSPS) is 12.6. The Bertz CT molecular complexity index is 1820. The Morgan fingerprint density at radius 3 is 1.88 bits per heavy atom. The number of aromatic carboxylic acids is 1. The summed E-state index contributed by atoms with van der Waals surface area (Å²) in [5.41, 5.74) is 4.29. The van der Waals surface area contributed by atoms with E-state index in [9.17, 15) is 19.5 Å². The van der Waals surface area contributed by atoms with Crippen LogP contribution in [0.5, 0.6) is 0 Å². The van der Waals surface area contributed by atoms with E-state index in [4.69, 9.17) is 4.74 Å². The van der Waals surface area contributed by atoms with Gasteiger partial charge in [0, 0.05) is 54.3 Å². The molecule has 1 aliphatic heterocycles. The van der Waals surface area contributed by atoms with Gasteiger partial charge < -0.3 is 29.8 Å². The maximum Gasteiger partial charge on any atom is 1.00 e. The van der Waals surface area contributed by atoms with Crippen molar-refractivity contribution < 1.29 is 75.6 Å². The van der Waals surface area contributed by atoms with Crippen molar-refractivity contribution in [3.63, 3.8) is 0 Å². The number of anilines is 2. The fraction of sp³-hybridized carbons (Fsp3) is 0.235. The van der Waals surface area contributed by atoms with E-state index in [1.807, 2.05) is 92.9 Å². The molecule has 1 fully saturated rings. The number of thiazole rings is 2. The van der Waals surface area contributed by atoms with Gasteiger partial charge in [-0.1, -0.05) is 60.7 Å². The molecule has 242 valence electrons. The number of aromatic nitrogens is 3. The Kier molecular flexibility index (Phi) is 13.4. The number of carboxylic acid groups (broad SMARTS) is 1. The van der Waals surface area contributed by atoms with E-state index in [0.29, 0.717) is 42.6 Å². The number of nitrogens with one attached hydrogen (secondary N) is 1. The van der Waals surface area contributed by atoms with Crippen LogP contribution in [0.4, 0.5) is 16.2 Å². The minimum Gasteiger partial charge on any atom is -0.542 e. The van der Waals surface area contributed by atoms with Gasteiger partial charge in [0.25, 0.3) is 5.91 Å². The maximum atomic E-state index is 12.9. The number of amides is 2. The Labute approximate surface area is 329 Å². The molecule has 14 heteroatoms. The third kappa shape index (κ3) is 10.2. The zero-order valence-corrected chi connectivity index (χ0v) is 31.8. The van der Waals surface area contributed by atoms with Crippen LogP contribution >= 0.6 is 22.7 Å². The second-order valence-electron chi connectivity index (χ2n) is 11.4. The summed E-state index contributed by atoms with van der Waals surface area (Å²) in [4.78, 5) is 52.2. The molecule has 2 aromatic carbocycles. The summed E-state index contributed by atoms with van der Waals surface area (Å²) in [6, 6.07) is 21.1. The predicted molar refractivity (Wildman–Crippen MR) is 182 cm³/mol. The van der Waals surface area contributed by atoms with Gasteiger partial charge in [0.1, 0.15) is 16.6 Å². The number of hydrogen-bond acceptors (Lipinski definition) is 11. The Morgan fingerprint density at radius 2 is 1.35 bits per heavy atom. The van der Waals surface area contributed by atoms with Gasteiger partial charge in [-0.2, -0.15) is 0 Å². The van der Waals surface area contributed by atoms with E-state index in [2.05, 4.69) is 25.2 Å². The van der Waals surface area contributed by atoms with Gasteiger partial charge in [0.2, 0.25) is 0 Å². The van der Waals surface area contributed by atoms with Crippen molar-refractivity contribution in [1.29, 1.82) is 0 Å². The molecule has 1 N–H and O–H groups in total. The van der Waals surface area contributed by atoms with Crippen LogP contribution in [0.3, 0.4) is 0 Å². The summed E-state index contributed by atoms with van der Waals surface area (Å²) in [7, 11) is 0. The third-order valence-corrected chi connectivity index (χ3v) is 8.50. The number of pyridine rings is 1. The first-order valence-electron chi connectivity index (χ1n) is 14.8. The molecule has 1 aliphatic rings. The zero-order valence-electron chi connectivity index (χ0n) is 27.1. The molecular formula is C34H33KN6O5S2. The summed E-state index contributed by atoms with van der Waals surface area (Å²) < 4.78 is 5.47. The SMILES string of the molecule is CC(C)(C)OC(=O)N1CCN(c2ccncc2NC(=O)c2nc(-c3ccccc3)cs2)CC1.O=C([O-])c1nc(-c2ccccc2)cs1.[K+]. The van der Waals surface area contributed by atoms with Crippen LogP contribution < -0.4 is 66.7 Å². The molecule has 0 spiro atoms. The van der Waals surface area contributed by atoms with Crippen LogP contribution in [-0.4, -0.2) is 69.6 Å². The van der Waals surface area contributed by atoms with Crippen molar-refractivity contribution in [3.05, 3.63) is 99.9 Å². The minimum atomic E-state index is -1.22. The number of carbonyl (C=O) groups excluding carboxylic acids is 3. The van der Waals surface area contributed by atoms with E-state index in [-0.39, 0.29) is 68.4 Å². The molecular weight excluding hydrogens is 676 g/mol. The molecule has 3 aromatic heterocycles. The van der Waals surface area contributed by atoms with Gasteiger partial charge in [-0.05, 0) is 26.8 Å². The number of nitrogens with zero attached hydrogens (tertiary/aromatic N) is 5. The first-order chi connectivity index (χ1) is 22.6. The number of piperazine rings is 1. The topological polar surface area (TPSA) is 141 Å². The molecule has 4 heterocycles. The van der Waals surface area contributed by atoms with Crippen molar-refractivity contribution >= 4 is 52.0 Å². The van der Waals surface area contributed by atoms with E-state index in [1.165, 1.54) is 11.3 Å². The molecule has 0 unspecified atom stereocenters. The summed E-state index contributed by atoms with van der Waals surface area (Å²) >= 11 is 2.39. The molecule has 11 nitrogen and oxygen atoms in total. The van der Waals surface area contributed by atoms with E-state index in [1.54, 1.807) is 22.7 Å². The average Bonchev–Trinajstić information content (AvgIpc) is 3.77. The maximum absolute atomic E-state index is 12.9. The number of hydrogen-bond donors (Lipinski definition) is 1. The molecule has 6 rings (SSSR count). The van der Waals surface area contributed by atoms with Gasteiger partial charge in [-0.25, -0.2) is 14.8 Å². The fourth-order valence-electron chi connectivity index (χ4n) is 4.62. The number of ether oxygens (including phenoxy) is 1. The molecule has 48 heavy (non-hydrogen) atoms. The molecule has 0 aliphatic carbocycles. The van der Waals surface area contributed by atoms with E-state index in [0.717, 1.165) is 33.8 Å². The van der Waals surface area contributed by atoms with Gasteiger partial charge >= 0.3 is 57.5 Å². The van der Waals surface area contributed by atoms with Gasteiger partial charge in [0.15, 0.2) is 5.01 Å². The molecule has 5 aromatic rings. The van der Waals surface area contributed by atoms with Crippen LogP contribution in [-0.2, 0) is 4.74 Å². The average molecular weight is 709 g/mol. The number of carbonyl (C=O) groups is 3. The van der Waals surface area contributed by atoms with Gasteiger partial charge in [-0.3, -0.25) is 9.78 Å². The second-order valence-corrected chi connectivity index (χ2v) is 13.1. The van der Waals surface area contributed by atoms with Crippen molar-refractivity contribution in [1.82, 2.24) is 19.9 Å². The quantitative estimate of drug-likeness (QED) is 0.264. The van der Waals surface area contributed by atoms with Crippen molar-refractivity contribution in [3.8, 4) is 22.5 Å². The van der Waals surface area contributed by atoms with Crippen LogP contribution in [0, 0.1) is 0 Å². The number of carboxylic acids is 1. The largest absolute Gasteiger partial charge is 1.00 e. The van der Waals surface area contributed by atoms with E-state index < -0.39 is 11.6 Å². The first-order valence-corrected chi connectivity index (χ1v) is 16.5.